The Labute approximate surface area is 175 Å². The standard InChI is InChI=1S/C23H25N3O4/c1-29-15-7-8-21(30-2)19(13-15)25-22(27)9-10-23(28)26-12-11-17-16-5-3-4-6-18(16)24-20(17)14-26/h3-8,13,24H,9-12,14H2,1-2H3,(H,25,27). The highest BCUT2D eigenvalue weighted by atomic mass is 16.5. The number of nitrogens with zero attached hydrogens (tertiary/aromatic N) is 1. The number of carbonyl (C=O) groups is 2. The Morgan fingerprint density at radius 2 is 1.93 bits per heavy atom. The number of carbonyl (C=O) groups excluding carboxylic acids is 2. The van der Waals surface area contributed by atoms with E-state index in [1.807, 2.05) is 17.0 Å². The van der Waals surface area contributed by atoms with Gasteiger partial charge in [0.2, 0.25) is 11.8 Å². The summed E-state index contributed by atoms with van der Waals surface area (Å²) >= 11 is 0. The fourth-order valence-corrected chi connectivity index (χ4v) is 3.91. The number of fused-ring (bicyclic) bond motifs is 3. The summed E-state index contributed by atoms with van der Waals surface area (Å²) < 4.78 is 10.5. The molecule has 0 saturated heterocycles. The van der Waals surface area contributed by atoms with E-state index in [1.54, 1.807) is 25.3 Å². The molecule has 0 unspecified atom stereocenters. The molecule has 2 heterocycles. The third-order valence-corrected chi connectivity index (χ3v) is 5.48. The molecule has 4 rings (SSSR count). The molecular formula is C23H25N3O4. The molecule has 7 heteroatoms. The van der Waals surface area contributed by atoms with Gasteiger partial charge in [0, 0.05) is 42.0 Å². The third kappa shape index (κ3) is 3.96. The predicted molar refractivity (Wildman–Crippen MR) is 115 cm³/mol. The Bertz CT molecular complexity index is 1090. The molecule has 1 aliphatic heterocycles. The van der Waals surface area contributed by atoms with Gasteiger partial charge in [-0.25, -0.2) is 0 Å². The number of rotatable bonds is 6. The Balaban J connectivity index is 1.35. The lowest BCUT2D eigenvalue weighted by atomic mass is 10.0. The van der Waals surface area contributed by atoms with Crippen LogP contribution >= 0.6 is 0 Å². The topological polar surface area (TPSA) is 83.7 Å². The van der Waals surface area contributed by atoms with E-state index in [-0.39, 0.29) is 24.7 Å². The van der Waals surface area contributed by atoms with Gasteiger partial charge in [-0.3, -0.25) is 9.59 Å². The highest BCUT2D eigenvalue weighted by molar-refractivity contribution is 5.94. The molecule has 2 N–H and O–H groups in total. The fraction of sp³-hybridized carbons (Fsp3) is 0.304. The quantitative estimate of drug-likeness (QED) is 0.655. The first-order valence-electron chi connectivity index (χ1n) is 9.97. The van der Waals surface area contributed by atoms with Crippen molar-refractivity contribution in [2.75, 3.05) is 26.1 Å². The lowest BCUT2D eigenvalue weighted by molar-refractivity contribution is -0.133. The maximum Gasteiger partial charge on any atom is 0.224 e. The Morgan fingerprint density at radius 3 is 2.73 bits per heavy atom. The van der Waals surface area contributed by atoms with Crippen LogP contribution in [0.25, 0.3) is 10.9 Å². The Hall–Kier alpha value is -3.48. The van der Waals surface area contributed by atoms with Crippen LogP contribution in [0.5, 0.6) is 11.5 Å². The van der Waals surface area contributed by atoms with Crippen molar-refractivity contribution in [3.8, 4) is 11.5 Å². The minimum atomic E-state index is -0.238. The van der Waals surface area contributed by atoms with Crippen LogP contribution in [0, 0.1) is 0 Å². The van der Waals surface area contributed by atoms with Gasteiger partial charge >= 0.3 is 0 Å². The van der Waals surface area contributed by atoms with Gasteiger partial charge < -0.3 is 24.7 Å². The largest absolute Gasteiger partial charge is 0.497 e. The summed E-state index contributed by atoms with van der Waals surface area (Å²) in [6.07, 6.45) is 1.08. The van der Waals surface area contributed by atoms with Crippen LogP contribution in [0.1, 0.15) is 24.1 Å². The molecule has 3 aromatic rings. The zero-order valence-corrected chi connectivity index (χ0v) is 17.2. The summed E-state index contributed by atoms with van der Waals surface area (Å²) in [7, 11) is 3.10. The number of H-pyrrole nitrogens is 1. The summed E-state index contributed by atoms with van der Waals surface area (Å²) in [6, 6.07) is 13.4. The van der Waals surface area contributed by atoms with Gasteiger partial charge in [0.15, 0.2) is 0 Å². The molecule has 0 aliphatic carbocycles. The molecule has 1 aromatic heterocycles. The van der Waals surface area contributed by atoms with Crippen molar-refractivity contribution in [2.45, 2.75) is 25.8 Å². The first-order chi connectivity index (χ1) is 14.6. The van der Waals surface area contributed by atoms with Gasteiger partial charge in [0.1, 0.15) is 11.5 Å². The lowest BCUT2D eigenvalue weighted by Crippen LogP contribution is -2.36. The summed E-state index contributed by atoms with van der Waals surface area (Å²) in [5, 5.41) is 4.03. The average molecular weight is 407 g/mol. The van der Waals surface area contributed by atoms with Crippen molar-refractivity contribution in [3.05, 3.63) is 53.7 Å². The molecule has 30 heavy (non-hydrogen) atoms. The van der Waals surface area contributed by atoms with E-state index in [0.717, 1.165) is 17.6 Å². The number of hydrogen-bond acceptors (Lipinski definition) is 4. The number of nitrogens with one attached hydrogen (secondary N) is 2. The van der Waals surface area contributed by atoms with Gasteiger partial charge in [0.05, 0.1) is 26.5 Å². The van der Waals surface area contributed by atoms with E-state index in [4.69, 9.17) is 9.47 Å². The highest BCUT2D eigenvalue weighted by Gasteiger charge is 2.24. The summed E-state index contributed by atoms with van der Waals surface area (Å²) in [6.45, 7) is 1.22. The first kappa shape index (κ1) is 19.8. The highest BCUT2D eigenvalue weighted by Crippen LogP contribution is 2.30. The maximum absolute atomic E-state index is 12.7. The van der Waals surface area contributed by atoms with E-state index < -0.39 is 0 Å². The molecule has 2 aromatic carbocycles. The smallest absolute Gasteiger partial charge is 0.224 e. The van der Waals surface area contributed by atoms with Crippen molar-refractivity contribution in [1.29, 1.82) is 0 Å². The van der Waals surface area contributed by atoms with Crippen LogP contribution in [0.3, 0.4) is 0 Å². The zero-order valence-electron chi connectivity index (χ0n) is 17.2. The van der Waals surface area contributed by atoms with Crippen LogP contribution in [0.15, 0.2) is 42.5 Å². The van der Waals surface area contributed by atoms with Crippen molar-refractivity contribution < 1.29 is 19.1 Å². The molecule has 2 amide bonds. The predicted octanol–water partition coefficient (Wildman–Crippen LogP) is 3.49. The molecular weight excluding hydrogens is 382 g/mol. The molecule has 0 spiro atoms. The SMILES string of the molecule is COc1ccc(OC)c(NC(=O)CCC(=O)N2CCc3c([nH]c4ccccc34)C2)c1. The number of ether oxygens (including phenoxy) is 2. The van der Waals surface area contributed by atoms with Crippen molar-refractivity contribution >= 4 is 28.4 Å². The van der Waals surface area contributed by atoms with Gasteiger partial charge in [-0.15, -0.1) is 0 Å². The van der Waals surface area contributed by atoms with Crippen molar-refractivity contribution in [3.63, 3.8) is 0 Å². The molecule has 1 aliphatic rings. The van der Waals surface area contributed by atoms with Gasteiger partial charge in [-0.05, 0) is 30.2 Å². The lowest BCUT2D eigenvalue weighted by Gasteiger charge is -2.27. The van der Waals surface area contributed by atoms with E-state index in [0.29, 0.717) is 30.3 Å². The summed E-state index contributed by atoms with van der Waals surface area (Å²) in [5.41, 5.74) is 4.00. The van der Waals surface area contributed by atoms with Crippen LogP contribution in [0.4, 0.5) is 5.69 Å². The van der Waals surface area contributed by atoms with Crippen LogP contribution < -0.4 is 14.8 Å². The number of anilines is 1. The number of para-hydroxylation sites is 1. The molecule has 7 nitrogen and oxygen atoms in total. The second kappa shape index (κ2) is 8.49. The minimum Gasteiger partial charge on any atom is -0.497 e. The summed E-state index contributed by atoms with van der Waals surface area (Å²) in [4.78, 5) is 30.3. The second-order valence-electron chi connectivity index (χ2n) is 7.31. The van der Waals surface area contributed by atoms with Gasteiger partial charge in [-0.1, -0.05) is 18.2 Å². The second-order valence-corrected chi connectivity index (χ2v) is 7.31. The van der Waals surface area contributed by atoms with E-state index in [2.05, 4.69) is 22.4 Å². The maximum atomic E-state index is 12.7. The molecule has 0 bridgehead atoms. The number of amides is 2. The van der Waals surface area contributed by atoms with E-state index in [1.165, 1.54) is 18.1 Å². The third-order valence-electron chi connectivity index (χ3n) is 5.48. The van der Waals surface area contributed by atoms with Crippen LogP contribution in [0.2, 0.25) is 0 Å². The monoisotopic (exact) mass is 407 g/mol. The van der Waals surface area contributed by atoms with Crippen molar-refractivity contribution in [1.82, 2.24) is 9.88 Å². The fourth-order valence-electron chi connectivity index (χ4n) is 3.91. The average Bonchev–Trinajstić information content (AvgIpc) is 3.15. The number of benzene rings is 2. The number of hydrogen-bond donors (Lipinski definition) is 2. The van der Waals surface area contributed by atoms with Gasteiger partial charge in [0.25, 0.3) is 0 Å². The first-order valence-corrected chi connectivity index (χ1v) is 9.97. The molecule has 156 valence electrons. The zero-order chi connectivity index (χ0) is 21.1. The molecule has 0 fully saturated rings. The summed E-state index contributed by atoms with van der Waals surface area (Å²) in [5.74, 6) is 0.896. The normalized spacial score (nSPS) is 13.1. The number of aromatic amines is 1. The number of aromatic nitrogens is 1. The molecule has 0 radical (unpaired) electrons. The minimum absolute atomic E-state index is 0.0212. The van der Waals surface area contributed by atoms with Crippen LogP contribution in [-0.2, 0) is 22.6 Å². The van der Waals surface area contributed by atoms with Gasteiger partial charge in [-0.2, -0.15) is 0 Å². The Morgan fingerprint density at radius 1 is 1.10 bits per heavy atom. The van der Waals surface area contributed by atoms with Crippen molar-refractivity contribution in [2.24, 2.45) is 0 Å². The molecule has 0 saturated carbocycles. The van der Waals surface area contributed by atoms with E-state index in [9.17, 15) is 9.59 Å². The molecule has 0 atom stereocenters. The van der Waals surface area contributed by atoms with E-state index >= 15 is 0 Å². The Kier molecular flexibility index (Phi) is 5.61. The van der Waals surface area contributed by atoms with Crippen LogP contribution in [-0.4, -0.2) is 42.5 Å². The number of methoxy groups -OCH3 is 2.